The summed E-state index contributed by atoms with van der Waals surface area (Å²) < 4.78 is 41.0. The molecule has 40 heavy (non-hydrogen) atoms. The lowest BCUT2D eigenvalue weighted by Gasteiger charge is -2.28. The molecular formula is C29H31F2N5O4. The first kappa shape index (κ1) is 30.0. The number of pyridine rings is 3. The highest BCUT2D eigenvalue weighted by Gasteiger charge is 2.36. The first-order valence-corrected chi connectivity index (χ1v) is 12.3. The van der Waals surface area contributed by atoms with Crippen LogP contribution in [0.5, 0.6) is 0 Å². The summed E-state index contributed by atoms with van der Waals surface area (Å²) in [5, 5.41) is 2.88. The summed E-state index contributed by atoms with van der Waals surface area (Å²) in [7, 11) is 0. The molecule has 0 aromatic carbocycles. The number of carbonyl (C=O) groups is 2. The summed E-state index contributed by atoms with van der Waals surface area (Å²) in [6.45, 7) is 11.4. The van der Waals surface area contributed by atoms with Crippen molar-refractivity contribution in [3.63, 3.8) is 0 Å². The molecule has 3 rings (SSSR count). The molecule has 0 aliphatic carbocycles. The van der Waals surface area contributed by atoms with Gasteiger partial charge in [0.05, 0.1) is 11.9 Å². The lowest BCUT2D eigenvalue weighted by Crippen LogP contribution is -2.44. The van der Waals surface area contributed by atoms with Crippen molar-refractivity contribution in [1.82, 2.24) is 15.0 Å². The molecule has 0 fully saturated rings. The zero-order valence-corrected chi connectivity index (χ0v) is 23.4. The number of nitrogens with one attached hydrogen (secondary N) is 1. The van der Waals surface area contributed by atoms with Crippen molar-refractivity contribution in [2.24, 2.45) is 0 Å². The molecule has 0 atom stereocenters. The Morgan fingerprint density at radius 1 is 1.00 bits per heavy atom. The fourth-order valence-corrected chi connectivity index (χ4v) is 3.44. The number of nitrogens with zero attached hydrogens (tertiary/aromatic N) is 4. The van der Waals surface area contributed by atoms with Gasteiger partial charge in [-0.25, -0.2) is 28.3 Å². The highest BCUT2D eigenvalue weighted by molar-refractivity contribution is 6.08. The minimum atomic E-state index is -1.14. The molecule has 0 radical (unpaired) electrons. The SMILES string of the molecule is C#Cc1cnc(Nc2cncc(Cc3ccnc(N(C(=O)OC(C)(C)C)C(=O)OC(C)(C)C)c3F)c2C)c(F)c1. The number of aromatic nitrogens is 3. The third kappa shape index (κ3) is 7.50. The van der Waals surface area contributed by atoms with E-state index in [0.29, 0.717) is 27.3 Å². The average Bonchev–Trinajstić information content (AvgIpc) is 2.82. The van der Waals surface area contributed by atoms with Gasteiger partial charge in [-0.2, -0.15) is 4.90 Å². The highest BCUT2D eigenvalue weighted by atomic mass is 19.1. The van der Waals surface area contributed by atoms with Crippen LogP contribution in [0.25, 0.3) is 0 Å². The summed E-state index contributed by atoms with van der Waals surface area (Å²) in [4.78, 5) is 38.5. The Morgan fingerprint density at radius 2 is 1.62 bits per heavy atom. The van der Waals surface area contributed by atoms with Crippen LogP contribution in [0.15, 0.2) is 36.9 Å². The van der Waals surface area contributed by atoms with Crippen molar-refractivity contribution in [2.75, 3.05) is 10.2 Å². The van der Waals surface area contributed by atoms with Crippen LogP contribution in [-0.4, -0.2) is 38.3 Å². The molecule has 3 aromatic heterocycles. The zero-order chi connectivity index (χ0) is 29.8. The van der Waals surface area contributed by atoms with Crippen LogP contribution in [0.1, 0.15) is 63.8 Å². The van der Waals surface area contributed by atoms with Gasteiger partial charge in [-0.15, -0.1) is 6.42 Å². The van der Waals surface area contributed by atoms with Gasteiger partial charge in [0, 0.05) is 30.6 Å². The van der Waals surface area contributed by atoms with E-state index in [0.717, 1.165) is 0 Å². The summed E-state index contributed by atoms with van der Waals surface area (Å²) >= 11 is 0. The number of terminal acetylenes is 1. The standard InChI is InChI=1S/C29H31F2N5O4/c1-9-18-12-21(30)24(34-14-18)35-22-16-32-15-20(17(22)2)13-19-10-11-33-25(23(19)31)36(26(37)39-28(3,4)5)27(38)40-29(6,7)8/h1,10-12,14-16H,13H2,2-8H3,(H,34,35). The first-order chi connectivity index (χ1) is 18.6. The highest BCUT2D eigenvalue weighted by Crippen LogP contribution is 2.28. The van der Waals surface area contributed by atoms with Crippen LogP contribution < -0.4 is 10.2 Å². The van der Waals surface area contributed by atoms with Gasteiger partial charge in [0.15, 0.2) is 23.3 Å². The van der Waals surface area contributed by atoms with Crippen molar-refractivity contribution in [3.8, 4) is 12.3 Å². The van der Waals surface area contributed by atoms with Crippen molar-refractivity contribution < 1.29 is 27.8 Å². The Hall–Kier alpha value is -4.59. The molecule has 11 heteroatoms. The van der Waals surface area contributed by atoms with E-state index < -0.39 is 40.8 Å². The number of anilines is 3. The molecule has 3 heterocycles. The molecule has 2 amide bonds. The van der Waals surface area contributed by atoms with Gasteiger partial charge in [0.25, 0.3) is 0 Å². The van der Waals surface area contributed by atoms with E-state index >= 15 is 4.39 Å². The van der Waals surface area contributed by atoms with Crippen molar-refractivity contribution >= 4 is 29.5 Å². The topological polar surface area (TPSA) is 107 Å². The maximum absolute atomic E-state index is 15.9. The van der Waals surface area contributed by atoms with Gasteiger partial charge in [-0.1, -0.05) is 5.92 Å². The Bertz CT molecular complexity index is 1440. The second kappa shape index (κ2) is 11.7. The Labute approximate surface area is 232 Å². The van der Waals surface area contributed by atoms with Gasteiger partial charge in [-0.3, -0.25) is 4.98 Å². The molecule has 0 bridgehead atoms. The first-order valence-electron chi connectivity index (χ1n) is 12.3. The van der Waals surface area contributed by atoms with Crippen LogP contribution in [0.3, 0.4) is 0 Å². The maximum atomic E-state index is 15.9. The molecule has 0 saturated heterocycles. The Morgan fingerprint density at radius 3 is 2.17 bits per heavy atom. The van der Waals surface area contributed by atoms with Crippen LogP contribution in [-0.2, 0) is 15.9 Å². The lowest BCUT2D eigenvalue weighted by atomic mass is 10.0. The fraction of sp³-hybridized carbons (Fsp3) is 0.345. The van der Waals surface area contributed by atoms with Crippen LogP contribution in [0.2, 0.25) is 0 Å². The quantitative estimate of drug-likeness (QED) is 0.361. The summed E-state index contributed by atoms with van der Waals surface area (Å²) in [5.41, 5.74) is 0.133. The van der Waals surface area contributed by atoms with E-state index in [1.165, 1.54) is 36.9 Å². The number of hydrogen-bond donors (Lipinski definition) is 1. The van der Waals surface area contributed by atoms with Gasteiger partial charge in [0.2, 0.25) is 0 Å². The molecule has 3 aromatic rings. The number of ether oxygens (including phenoxy) is 2. The van der Waals surface area contributed by atoms with Gasteiger partial charge in [0.1, 0.15) is 11.2 Å². The van der Waals surface area contributed by atoms with Gasteiger partial charge >= 0.3 is 12.2 Å². The monoisotopic (exact) mass is 551 g/mol. The molecular weight excluding hydrogens is 520 g/mol. The lowest BCUT2D eigenvalue weighted by molar-refractivity contribution is 0.0427. The summed E-state index contributed by atoms with van der Waals surface area (Å²) in [6, 6.07) is 2.59. The number of rotatable bonds is 5. The normalized spacial score (nSPS) is 11.4. The number of halogens is 2. The average molecular weight is 552 g/mol. The van der Waals surface area contributed by atoms with Crippen LogP contribution in [0, 0.1) is 30.9 Å². The maximum Gasteiger partial charge on any atom is 0.425 e. The Balaban J connectivity index is 1.97. The van der Waals surface area contributed by atoms with E-state index in [9.17, 15) is 14.0 Å². The van der Waals surface area contributed by atoms with Crippen LogP contribution in [0.4, 0.5) is 35.7 Å². The summed E-state index contributed by atoms with van der Waals surface area (Å²) in [5.74, 6) is 0.129. The zero-order valence-electron chi connectivity index (χ0n) is 23.4. The predicted octanol–water partition coefficient (Wildman–Crippen LogP) is 6.45. The third-order valence-corrected chi connectivity index (χ3v) is 5.28. The van der Waals surface area contributed by atoms with E-state index in [-0.39, 0.29) is 17.8 Å². The number of carbonyl (C=O) groups excluding carboxylic acids is 2. The van der Waals surface area contributed by atoms with E-state index in [1.807, 2.05) is 0 Å². The Kier molecular flexibility index (Phi) is 8.73. The second-order valence-electron chi connectivity index (χ2n) is 10.9. The number of hydrogen-bond acceptors (Lipinski definition) is 8. The van der Waals surface area contributed by atoms with Crippen molar-refractivity contribution in [3.05, 3.63) is 70.8 Å². The molecule has 0 unspecified atom stereocenters. The molecule has 0 aliphatic rings. The fourth-order valence-electron chi connectivity index (χ4n) is 3.44. The van der Waals surface area contributed by atoms with Crippen molar-refractivity contribution in [2.45, 2.75) is 66.1 Å². The summed E-state index contributed by atoms with van der Waals surface area (Å²) in [6.07, 6.45) is 8.66. The number of amides is 2. The largest absolute Gasteiger partial charge is 0.443 e. The molecule has 1 N–H and O–H groups in total. The molecule has 0 saturated carbocycles. The minimum Gasteiger partial charge on any atom is -0.443 e. The predicted molar refractivity (Wildman–Crippen MR) is 146 cm³/mol. The van der Waals surface area contributed by atoms with Gasteiger partial charge < -0.3 is 14.8 Å². The molecule has 0 spiro atoms. The van der Waals surface area contributed by atoms with E-state index in [2.05, 4.69) is 26.2 Å². The number of imide groups is 1. The van der Waals surface area contributed by atoms with Gasteiger partial charge in [-0.05, 0) is 77.3 Å². The third-order valence-electron chi connectivity index (χ3n) is 5.28. The molecule has 9 nitrogen and oxygen atoms in total. The van der Waals surface area contributed by atoms with E-state index in [1.54, 1.807) is 48.5 Å². The molecule has 210 valence electrons. The van der Waals surface area contributed by atoms with E-state index in [4.69, 9.17) is 15.9 Å². The smallest absolute Gasteiger partial charge is 0.425 e. The minimum absolute atomic E-state index is 0.0120. The molecule has 0 aliphatic heterocycles. The second-order valence-corrected chi connectivity index (χ2v) is 10.9. The van der Waals surface area contributed by atoms with Crippen LogP contribution >= 0.6 is 0 Å². The van der Waals surface area contributed by atoms with Crippen molar-refractivity contribution in [1.29, 1.82) is 0 Å².